The summed E-state index contributed by atoms with van der Waals surface area (Å²) in [5.41, 5.74) is 1.42. The molecule has 0 aromatic heterocycles. The quantitative estimate of drug-likeness (QED) is 0.873. The average molecular weight is 290 g/mol. The van der Waals surface area contributed by atoms with E-state index in [0.29, 0.717) is 23.7 Å². The number of rotatable bonds is 5. The fraction of sp³-hybridized carbons (Fsp3) is 0.500. The van der Waals surface area contributed by atoms with Crippen molar-refractivity contribution in [1.29, 1.82) is 0 Å². The molecule has 1 aliphatic carbocycles. The second-order valence-corrected chi connectivity index (χ2v) is 5.60. The number of benzene rings is 1. The molecular formula is C16H22N2O3. The molecule has 0 spiro atoms. The van der Waals surface area contributed by atoms with Crippen LogP contribution in [0.4, 0.5) is 10.5 Å². The minimum atomic E-state index is -0.981. The monoisotopic (exact) mass is 290 g/mol. The molecule has 2 rings (SSSR count). The fourth-order valence-corrected chi connectivity index (χ4v) is 2.48. The lowest BCUT2D eigenvalue weighted by Gasteiger charge is -2.31. The number of hydrogen-bond donors (Lipinski definition) is 2. The van der Waals surface area contributed by atoms with Gasteiger partial charge in [-0.1, -0.05) is 12.5 Å². The number of amides is 2. The maximum Gasteiger partial charge on any atom is 0.336 e. The first-order chi connectivity index (χ1) is 10.0. The molecular weight excluding hydrogens is 268 g/mol. The van der Waals surface area contributed by atoms with Crippen LogP contribution in [0.2, 0.25) is 0 Å². The van der Waals surface area contributed by atoms with Crippen LogP contribution in [0.15, 0.2) is 18.2 Å². The Morgan fingerprint density at radius 2 is 2.10 bits per heavy atom. The number of carboxylic acid groups (broad SMARTS) is 1. The van der Waals surface area contributed by atoms with Crippen LogP contribution in [0.1, 0.15) is 42.1 Å². The van der Waals surface area contributed by atoms with Gasteiger partial charge < -0.3 is 15.3 Å². The Bertz CT molecular complexity index is 538. The Hall–Kier alpha value is -2.04. The third-order valence-electron chi connectivity index (χ3n) is 4.09. The van der Waals surface area contributed by atoms with Gasteiger partial charge in [-0.25, -0.2) is 9.59 Å². The van der Waals surface area contributed by atoms with Gasteiger partial charge in [0.05, 0.1) is 5.56 Å². The van der Waals surface area contributed by atoms with Gasteiger partial charge in [-0.3, -0.25) is 0 Å². The minimum absolute atomic E-state index is 0.162. The van der Waals surface area contributed by atoms with Gasteiger partial charge in [0.2, 0.25) is 0 Å². The molecule has 0 atom stereocenters. The highest BCUT2D eigenvalue weighted by molar-refractivity contribution is 5.94. The van der Waals surface area contributed by atoms with Gasteiger partial charge in [-0.2, -0.15) is 0 Å². The highest BCUT2D eigenvalue weighted by Crippen LogP contribution is 2.27. The number of nitrogens with one attached hydrogen (secondary N) is 1. The maximum absolute atomic E-state index is 12.3. The van der Waals surface area contributed by atoms with Crippen LogP contribution in [0.3, 0.4) is 0 Å². The van der Waals surface area contributed by atoms with Gasteiger partial charge in [0.25, 0.3) is 0 Å². The minimum Gasteiger partial charge on any atom is -0.478 e. The summed E-state index contributed by atoms with van der Waals surface area (Å²) in [5.74, 6) is -0.367. The number of carboxylic acids is 1. The third-order valence-corrected chi connectivity index (χ3v) is 4.09. The van der Waals surface area contributed by atoms with Crippen molar-refractivity contribution in [2.75, 3.05) is 18.4 Å². The standard InChI is InChI=1S/C16H22N2O3/c1-3-18(10-12-5-4-6-12)16(21)17-13-8-7-11(2)14(9-13)15(19)20/h7-9,12H,3-6,10H2,1-2H3,(H,17,21)(H,19,20). The summed E-state index contributed by atoms with van der Waals surface area (Å²) in [6, 6.07) is 4.79. The summed E-state index contributed by atoms with van der Waals surface area (Å²) in [6.45, 7) is 5.13. The molecule has 1 aliphatic rings. The highest BCUT2D eigenvalue weighted by atomic mass is 16.4. The Morgan fingerprint density at radius 1 is 1.38 bits per heavy atom. The Balaban J connectivity index is 2.03. The molecule has 1 fully saturated rings. The van der Waals surface area contributed by atoms with Crippen molar-refractivity contribution in [3.8, 4) is 0 Å². The first-order valence-electron chi connectivity index (χ1n) is 7.41. The van der Waals surface area contributed by atoms with Crippen molar-refractivity contribution in [3.63, 3.8) is 0 Å². The second-order valence-electron chi connectivity index (χ2n) is 5.60. The van der Waals surface area contributed by atoms with E-state index < -0.39 is 5.97 Å². The Labute approximate surface area is 125 Å². The zero-order chi connectivity index (χ0) is 15.4. The largest absolute Gasteiger partial charge is 0.478 e. The van der Waals surface area contributed by atoms with E-state index in [1.165, 1.54) is 25.3 Å². The molecule has 1 aromatic rings. The number of hydrogen-bond acceptors (Lipinski definition) is 2. The van der Waals surface area contributed by atoms with Crippen LogP contribution >= 0.6 is 0 Å². The molecule has 5 heteroatoms. The predicted octanol–water partition coefficient (Wildman–Crippen LogP) is 3.35. The van der Waals surface area contributed by atoms with Crippen LogP contribution in [0, 0.1) is 12.8 Å². The van der Waals surface area contributed by atoms with Crippen molar-refractivity contribution in [2.24, 2.45) is 5.92 Å². The van der Waals surface area contributed by atoms with E-state index in [4.69, 9.17) is 5.11 Å². The topological polar surface area (TPSA) is 69.6 Å². The number of aromatic carboxylic acids is 1. The molecule has 0 heterocycles. The number of aryl methyl sites for hydroxylation is 1. The Morgan fingerprint density at radius 3 is 2.62 bits per heavy atom. The number of anilines is 1. The summed E-state index contributed by atoms with van der Waals surface area (Å²) >= 11 is 0. The van der Waals surface area contributed by atoms with Gasteiger partial charge in [0.1, 0.15) is 0 Å². The van der Waals surface area contributed by atoms with E-state index in [1.807, 2.05) is 6.92 Å². The molecule has 1 aromatic carbocycles. The molecule has 1 saturated carbocycles. The van der Waals surface area contributed by atoms with Crippen molar-refractivity contribution < 1.29 is 14.7 Å². The second kappa shape index (κ2) is 6.61. The Kier molecular flexibility index (Phi) is 4.83. The van der Waals surface area contributed by atoms with Gasteiger partial charge in [0, 0.05) is 18.8 Å². The first-order valence-corrected chi connectivity index (χ1v) is 7.41. The van der Waals surface area contributed by atoms with Crippen LogP contribution in [0.25, 0.3) is 0 Å². The molecule has 0 aliphatic heterocycles. The number of carbonyl (C=O) groups excluding carboxylic acids is 1. The number of nitrogens with zero attached hydrogens (tertiary/aromatic N) is 1. The molecule has 2 N–H and O–H groups in total. The zero-order valence-corrected chi connectivity index (χ0v) is 12.6. The number of carbonyl (C=O) groups is 2. The van der Waals surface area contributed by atoms with Crippen molar-refractivity contribution in [2.45, 2.75) is 33.1 Å². The molecule has 0 bridgehead atoms. The summed E-state index contributed by atoms with van der Waals surface area (Å²) in [7, 11) is 0. The average Bonchev–Trinajstić information content (AvgIpc) is 2.39. The van der Waals surface area contributed by atoms with Crippen LogP contribution in [-0.4, -0.2) is 35.1 Å². The summed E-state index contributed by atoms with van der Waals surface area (Å²) < 4.78 is 0. The van der Waals surface area contributed by atoms with Crippen LogP contribution < -0.4 is 5.32 Å². The lowest BCUT2D eigenvalue weighted by molar-refractivity contribution is 0.0696. The van der Waals surface area contributed by atoms with Gasteiger partial charge in [-0.15, -0.1) is 0 Å². The van der Waals surface area contributed by atoms with Crippen molar-refractivity contribution in [3.05, 3.63) is 29.3 Å². The zero-order valence-electron chi connectivity index (χ0n) is 12.6. The molecule has 21 heavy (non-hydrogen) atoms. The lowest BCUT2D eigenvalue weighted by atomic mass is 9.85. The summed E-state index contributed by atoms with van der Waals surface area (Å²) in [4.78, 5) is 25.2. The van der Waals surface area contributed by atoms with E-state index in [2.05, 4.69) is 5.32 Å². The van der Waals surface area contributed by atoms with Crippen molar-refractivity contribution >= 4 is 17.7 Å². The summed E-state index contributed by atoms with van der Waals surface area (Å²) in [5, 5.41) is 11.9. The molecule has 0 saturated heterocycles. The third kappa shape index (κ3) is 3.74. The molecule has 0 unspecified atom stereocenters. The predicted molar refractivity (Wildman–Crippen MR) is 81.7 cm³/mol. The normalized spacial score (nSPS) is 14.4. The lowest BCUT2D eigenvalue weighted by Crippen LogP contribution is -2.39. The van der Waals surface area contributed by atoms with Crippen LogP contribution in [-0.2, 0) is 0 Å². The molecule has 0 radical (unpaired) electrons. The first kappa shape index (κ1) is 15.4. The fourth-order valence-electron chi connectivity index (χ4n) is 2.48. The molecule has 114 valence electrons. The SMILES string of the molecule is CCN(CC1CCC1)C(=O)Nc1ccc(C)c(C(=O)O)c1. The maximum atomic E-state index is 12.3. The van der Waals surface area contributed by atoms with E-state index in [1.54, 1.807) is 24.0 Å². The molecule has 5 nitrogen and oxygen atoms in total. The smallest absolute Gasteiger partial charge is 0.336 e. The van der Waals surface area contributed by atoms with E-state index in [-0.39, 0.29) is 11.6 Å². The van der Waals surface area contributed by atoms with Gasteiger partial charge in [0.15, 0.2) is 0 Å². The van der Waals surface area contributed by atoms with Gasteiger partial charge in [-0.05, 0) is 50.3 Å². The van der Waals surface area contributed by atoms with E-state index in [9.17, 15) is 9.59 Å². The van der Waals surface area contributed by atoms with Crippen LogP contribution in [0.5, 0.6) is 0 Å². The highest BCUT2D eigenvalue weighted by Gasteiger charge is 2.22. The van der Waals surface area contributed by atoms with Gasteiger partial charge >= 0.3 is 12.0 Å². The van der Waals surface area contributed by atoms with E-state index >= 15 is 0 Å². The van der Waals surface area contributed by atoms with E-state index in [0.717, 1.165) is 6.54 Å². The van der Waals surface area contributed by atoms with Crippen molar-refractivity contribution in [1.82, 2.24) is 4.90 Å². The summed E-state index contributed by atoms with van der Waals surface area (Å²) in [6.07, 6.45) is 3.64. The molecule has 2 amide bonds. The number of urea groups is 1.